The molecule has 3 nitrogen and oxygen atoms in total. The predicted molar refractivity (Wildman–Crippen MR) is 84.2 cm³/mol. The zero-order valence-corrected chi connectivity index (χ0v) is 12.1. The number of esters is 1. The lowest BCUT2D eigenvalue weighted by Crippen LogP contribution is -2.01. The first-order valence-electron chi connectivity index (χ1n) is 7.15. The molecule has 3 aromatic rings. The molecule has 0 aromatic heterocycles. The van der Waals surface area contributed by atoms with Crippen LogP contribution in [0.2, 0.25) is 0 Å². The van der Waals surface area contributed by atoms with Crippen LogP contribution in [-0.4, -0.2) is 13.1 Å². The fourth-order valence-electron chi connectivity index (χ4n) is 3.09. The molecule has 0 fully saturated rings. The van der Waals surface area contributed by atoms with Gasteiger partial charge in [-0.1, -0.05) is 54.6 Å². The second-order valence-electron chi connectivity index (χ2n) is 5.28. The van der Waals surface area contributed by atoms with Crippen molar-refractivity contribution < 1.29 is 14.3 Å². The molecule has 0 bridgehead atoms. The summed E-state index contributed by atoms with van der Waals surface area (Å²) in [4.78, 5) is 12.3. The molecule has 0 amide bonds. The van der Waals surface area contributed by atoms with Crippen LogP contribution in [0, 0.1) is 0 Å². The van der Waals surface area contributed by atoms with Crippen LogP contribution >= 0.6 is 0 Å². The summed E-state index contributed by atoms with van der Waals surface area (Å²) in [6, 6.07) is 19.8. The minimum atomic E-state index is -0.385. The predicted octanol–water partition coefficient (Wildman–Crippen LogP) is 4.11. The molecule has 1 heterocycles. The van der Waals surface area contributed by atoms with Gasteiger partial charge in [-0.25, -0.2) is 4.79 Å². The van der Waals surface area contributed by atoms with Crippen LogP contribution in [0.1, 0.15) is 27.6 Å². The lowest BCUT2D eigenvalue weighted by molar-refractivity contribution is 0.0456. The zero-order valence-electron chi connectivity index (χ0n) is 12.1. The van der Waals surface area contributed by atoms with E-state index in [9.17, 15) is 4.79 Å². The summed E-state index contributed by atoms with van der Waals surface area (Å²) < 4.78 is 10.9. The number of fused-ring (bicyclic) bond motifs is 2. The molecule has 1 atom stereocenters. The molecule has 3 heteroatoms. The minimum Gasteiger partial charge on any atom is -0.496 e. The van der Waals surface area contributed by atoms with E-state index in [1.807, 2.05) is 36.4 Å². The second-order valence-corrected chi connectivity index (χ2v) is 5.28. The van der Waals surface area contributed by atoms with Gasteiger partial charge in [0.25, 0.3) is 0 Å². The molecular weight excluding hydrogens is 276 g/mol. The normalized spacial score (nSPS) is 16.4. The Morgan fingerprint density at radius 2 is 1.64 bits per heavy atom. The third kappa shape index (κ3) is 1.79. The summed E-state index contributed by atoms with van der Waals surface area (Å²) in [6.07, 6.45) is -0.385. The maximum absolute atomic E-state index is 12.3. The molecule has 4 rings (SSSR count). The maximum Gasteiger partial charge on any atom is 0.343 e. The van der Waals surface area contributed by atoms with Crippen molar-refractivity contribution in [1.29, 1.82) is 0 Å². The Morgan fingerprint density at radius 1 is 0.909 bits per heavy atom. The number of hydrogen-bond acceptors (Lipinski definition) is 3. The van der Waals surface area contributed by atoms with E-state index in [-0.39, 0.29) is 12.1 Å². The highest BCUT2D eigenvalue weighted by Gasteiger charge is 2.35. The van der Waals surface area contributed by atoms with Crippen LogP contribution in [0.25, 0.3) is 10.8 Å². The minimum absolute atomic E-state index is 0.328. The number of hydrogen-bond donors (Lipinski definition) is 0. The number of ether oxygens (including phenoxy) is 2. The maximum atomic E-state index is 12.3. The number of cyclic esters (lactones) is 1. The van der Waals surface area contributed by atoms with E-state index in [1.165, 1.54) is 0 Å². The monoisotopic (exact) mass is 290 g/mol. The molecule has 0 spiro atoms. The molecule has 0 aliphatic carbocycles. The van der Waals surface area contributed by atoms with Crippen molar-refractivity contribution in [2.24, 2.45) is 0 Å². The van der Waals surface area contributed by atoms with Gasteiger partial charge in [0, 0.05) is 11.1 Å². The highest BCUT2D eigenvalue weighted by Crippen LogP contribution is 2.41. The van der Waals surface area contributed by atoms with Gasteiger partial charge in [0.2, 0.25) is 0 Å². The van der Waals surface area contributed by atoms with Gasteiger partial charge in [-0.15, -0.1) is 0 Å². The van der Waals surface area contributed by atoms with E-state index < -0.39 is 0 Å². The first-order chi connectivity index (χ1) is 10.8. The van der Waals surface area contributed by atoms with Crippen molar-refractivity contribution in [1.82, 2.24) is 0 Å². The number of carbonyl (C=O) groups is 1. The largest absolute Gasteiger partial charge is 0.496 e. The average Bonchev–Trinajstić information content (AvgIpc) is 2.91. The second kappa shape index (κ2) is 4.88. The van der Waals surface area contributed by atoms with Gasteiger partial charge in [-0.05, 0) is 16.8 Å². The lowest BCUT2D eigenvalue weighted by atomic mass is 9.94. The summed E-state index contributed by atoms with van der Waals surface area (Å²) in [6.45, 7) is 0. The zero-order chi connectivity index (χ0) is 15.1. The smallest absolute Gasteiger partial charge is 0.343 e. The molecule has 1 aliphatic heterocycles. The topological polar surface area (TPSA) is 35.5 Å². The van der Waals surface area contributed by atoms with Crippen molar-refractivity contribution in [3.63, 3.8) is 0 Å². The van der Waals surface area contributed by atoms with Gasteiger partial charge in [0.05, 0.1) is 7.11 Å². The molecule has 22 heavy (non-hydrogen) atoms. The number of methoxy groups -OCH3 is 1. The van der Waals surface area contributed by atoms with Crippen molar-refractivity contribution in [3.05, 3.63) is 77.4 Å². The van der Waals surface area contributed by atoms with Crippen LogP contribution in [0.15, 0.2) is 60.7 Å². The van der Waals surface area contributed by atoms with E-state index >= 15 is 0 Å². The van der Waals surface area contributed by atoms with Crippen LogP contribution in [-0.2, 0) is 4.74 Å². The van der Waals surface area contributed by atoms with Gasteiger partial charge in [0.1, 0.15) is 11.3 Å². The Kier molecular flexibility index (Phi) is 2.86. The summed E-state index contributed by atoms with van der Waals surface area (Å²) in [5.74, 6) is 0.232. The molecule has 108 valence electrons. The van der Waals surface area contributed by atoms with Gasteiger partial charge in [-0.2, -0.15) is 0 Å². The Morgan fingerprint density at radius 3 is 2.50 bits per heavy atom. The molecule has 0 N–H and O–H groups in total. The van der Waals surface area contributed by atoms with Crippen LogP contribution in [0.3, 0.4) is 0 Å². The van der Waals surface area contributed by atoms with Gasteiger partial charge in [-0.3, -0.25) is 0 Å². The number of carbonyl (C=O) groups excluding carboxylic acids is 1. The number of benzene rings is 3. The van der Waals surface area contributed by atoms with Crippen LogP contribution in [0.4, 0.5) is 0 Å². The fraction of sp³-hybridized carbons (Fsp3) is 0.105. The van der Waals surface area contributed by atoms with Gasteiger partial charge in [0.15, 0.2) is 6.10 Å². The highest BCUT2D eigenvalue weighted by molar-refractivity contribution is 5.98. The van der Waals surface area contributed by atoms with Crippen LogP contribution < -0.4 is 4.74 Å². The van der Waals surface area contributed by atoms with Crippen molar-refractivity contribution >= 4 is 16.7 Å². The third-order valence-corrected chi connectivity index (χ3v) is 4.10. The van der Waals surface area contributed by atoms with E-state index in [1.54, 1.807) is 13.2 Å². The van der Waals surface area contributed by atoms with E-state index in [4.69, 9.17) is 9.47 Å². The summed E-state index contributed by atoms with van der Waals surface area (Å²) in [5, 5.41) is 2.23. The molecule has 1 unspecified atom stereocenters. The Labute approximate surface area is 128 Å². The van der Waals surface area contributed by atoms with Gasteiger partial charge < -0.3 is 9.47 Å². The molecule has 0 radical (unpaired) electrons. The third-order valence-electron chi connectivity index (χ3n) is 4.10. The Hall–Kier alpha value is -2.81. The van der Waals surface area contributed by atoms with Crippen LogP contribution in [0.5, 0.6) is 5.75 Å². The van der Waals surface area contributed by atoms with E-state index in [0.717, 1.165) is 21.9 Å². The van der Waals surface area contributed by atoms with E-state index in [0.29, 0.717) is 11.3 Å². The molecular formula is C19H14O3. The number of rotatable bonds is 2. The average molecular weight is 290 g/mol. The van der Waals surface area contributed by atoms with Gasteiger partial charge >= 0.3 is 5.97 Å². The summed E-state index contributed by atoms with van der Waals surface area (Å²) >= 11 is 0. The molecule has 0 saturated carbocycles. The standard InChI is InChI=1S/C19H14O3/c1-21-16-11-5-10-15-17(16)19(20)22-18(15)14-9-4-7-12-6-2-3-8-13(12)14/h2-11,18H,1H3. The van der Waals surface area contributed by atoms with Crippen molar-refractivity contribution in [2.75, 3.05) is 7.11 Å². The molecule has 0 saturated heterocycles. The van der Waals surface area contributed by atoms with Crippen molar-refractivity contribution in [2.45, 2.75) is 6.10 Å². The fourth-order valence-corrected chi connectivity index (χ4v) is 3.09. The van der Waals surface area contributed by atoms with Crippen molar-refractivity contribution in [3.8, 4) is 5.75 Å². The van der Waals surface area contributed by atoms with E-state index in [2.05, 4.69) is 18.2 Å². The molecule has 1 aliphatic rings. The summed E-state index contributed by atoms with van der Waals surface area (Å²) in [7, 11) is 1.56. The first-order valence-corrected chi connectivity index (χ1v) is 7.15. The quantitative estimate of drug-likeness (QED) is 0.666. The Bertz CT molecular complexity index is 877. The lowest BCUT2D eigenvalue weighted by Gasteiger charge is -2.14. The SMILES string of the molecule is COc1cccc2c1C(=O)OC2c1cccc2ccccc12. The summed E-state index contributed by atoms with van der Waals surface area (Å²) in [5.41, 5.74) is 2.39. The Balaban J connectivity index is 1.94. The first kappa shape index (κ1) is 12.9. The molecule has 3 aromatic carbocycles. The highest BCUT2D eigenvalue weighted by atomic mass is 16.6.